The molecule has 0 saturated heterocycles. The molecule has 22 heavy (non-hydrogen) atoms. The molecule has 1 N–H and O–H groups in total. The fraction of sp³-hybridized carbons (Fsp3) is 0.500. The molecule has 0 radical (unpaired) electrons. The highest BCUT2D eigenvalue weighted by Crippen LogP contribution is 2.15. The van der Waals surface area contributed by atoms with Gasteiger partial charge in [0, 0.05) is 6.42 Å². The Bertz CT molecular complexity index is 439. The number of hydrogen-bond acceptors (Lipinski definition) is 3. The number of rotatable bonds is 12. The molecule has 4 heteroatoms. The lowest BCUT2D eigenvalue weighted by Crippen LogP contribution is -2.17. The van der Waals surface area contributed by atoms with E-state index in [0.717, 1.165) is 19.3 Å². The highest BCUT2D eigenvalue weighted by molar-refractivity contribution is 5.87. The number of aromatic carboxylic acids is 1. The molecule has 0 amide bonds. The first-order valence-corrected chi connectivity index (χ1v) is 7.86. The summed E-state index contributed by atoms with van der Waals surface area (Å²) in [6.45, 7) is 6.97. The smallest absolute Gasteiger partial charge is 0.335 e. The summed E-state index contributed by atoms with van der Waals surface area (Å²) in [6.07, 6.45) is 7.36. The third-order valence-electron chi connectivity index (χ3n) is 3.39. The Morgan fingerprint density at radius 3 is 2.59 bits per heavy atom. The van der Waals surface area contributed by atoms with Gasteiger partial charge in [0.25, 0.3) is 0 Å². The largest absolute Gasteiger partial charge is 0.493 e. The zero-order valence-electron chi connectivity index (χ0n) is 13.3. The molecule has 1 aromatic rings. The molecule has 0 fully saturated rings. The molecule has 1 aromatic carbocycles. The maximum absolute atomic E-state index is 10.8. The van der Waals surface area contributed by atoms with E-state index in [1.807, 2.05) is 0 Å². The molecule has 0 aromatic heterocycles. The van der Waals surface area contributed by atoms with Crippen molar-refractivity contribution in [2.45, 2.75) is 45.1 Å². The highest BCUT2D eigenvalue weighted by Gasteiger charge is 2.09. The average Bonchev–Trinajstić information content (AvgIpc) is 2.52. The Morgan fingerprint density at radius 1 is 1.27 bits per heavy atom. The minimum Gasteiger partial charge on any atom is -0.493 e. The second kappa shape index (κ2) is 10.9. The Hall–Kier alpha value is -1.81. The van der Waals surface area contributed by atoms with Gasteiger partial charge in [-0.15, -0.1) is 6.58 Å². The van der Waals surface area contributed by atoms with Crippen LogP contribution in [0.4, 0.5) is 0 Å². The van der Waals surface area contributed by atoms with E-state index in [4.69, 9.17) is 14.6 Å². The molecule has 0 saturated carbocycles. The van der Waals surface area contributed by atoms with E-state index in [2.05, 4.69) is 13.5 Å². The van der Waals surface area contributed by atoms with Crippen LogP contribution in [-0.4, -0.2) is 30.4 Å². The summed E-state index contributed by atoms with van der Waals surface area (Å²) >= 11 is 0. The van der Waals surface area contributed by atoms with Gasteiger partial charge >= 0.3 is 5.97 Å². The third-order valence-corrected chi connectivity index (χ3v) is 3.39. The molecule has 0 bridgehead atoms. The second-order valence-electron chi connectivity index (χ2n) is 5.21. The van der Waals surface area contributed by atoms with E-state index < -0.39 is 5.97 Å². The molecule has 0 heterocycles. The normalized spacial score (nSPS) is 11.9. The van der Waals surface area contributed by atoms with Crippen molar-refractivity contribution in [2.24, 2.45) is 0 Å². The fourth-order valence-electron chi connectivity index (χ4n) is 2.14. The van der Waals surface area contributed by atoms with Crippen LogP contribution < -0.4 is 4.74 Å². The van der Waals surface area contributed by atoms with Gasteiger partial charge in [-0.3, -0.25) is 0 Å². The standard InChI is InChI=1S/C18H26O4/c1-3-5-6-7-16(21-13-4-2)12-14-22-17-10-8-15(9-11-17)18(19)20/h4,8-11,16H,2-3,5-7,12-14H2,1H3,(H,19,20). The van der Waals surface area contributed by atoms with Gasteiger partial charge in [-0.25, -0.2) is 4.79 Å². The fourth-order valence-corrected chi connectivity index (χ4v) is 2.14. The third kappa shape index (κ3) is 7.27. The average molecular weight is 306 g/mol. The van der Waals surface area contributed by atoms with Gasteiger partial charge in [0.05, 0.1) is 24.9 Å². The van der Waals surface area contributed by atoms with Crippen LogP contribution in [-0.2, 0) is 4.74 Å². The predicted octanol–water partition coefficient (Wildman–Crippen LogP) is 4.31. The van der Waals surface area contributed by atoms with Gasteiger partial charge in [0.15, 0.2) is 0 Å². The molecule has 0 aliphatic rings. The maximum Gasteiger partial charge on any atom is 0.335 e. The number of unbranched alkanes of at least 4 members (excludes halogenated alkanes) is 2. The predicted molar refractivity (Wildman–Crippen MR) is 87.6 cm³/mol. The van der Waals surface area contributed by atoms with Crippen LogP contribution >= 0.6 is 0 Å². The minimum atomic E-state index is -0.930. The molecule has 0 spiro atoms. The van der Waals surface area contributed by atoms with Crippen molar-refractivity contribution in [1.82, 2.24) is 0 Å². The van der Waals surface area contributed by atoms with Crippen LogP contribution in [0.1, 0.15) is 49.4 Å². The van der Waals surface area contributed by atoms with Gasteiger partial charge in [0.1, 0.15) is 5.75 Å². The molecule has 0 aliphatic carbocycles. The zero-order chi connectivity index (χ0) is 16.2. The van der Waals surface area contributed by atoms with Gasteiger partial charge in [-0.05, 0) is 30.7 Å². The number of carboxylic acid groups (broad SMARTS) is 1. The van der Waals surface area contributed by atoms with Crippen molar-refractivity contribution in [2.75, 3.05) is 13.2 Å². The summed E-state index contributed by atoms with van der Waals surface area (Å²) in [5.74, 6) is -0.249. The van der Waals surface area contributed by atoms with Crippen molar-refractivity contribution in [1.29, 1.82) is 0 Å². The Kier molecular flexibility index (Phi) is 9.00. The molecular weight excluding hydrogens is 280 g/mol. The first-order chi connectivity index (χ1) is 10.7. The second-order valence-corrected chi connectivity index (χ2v) is 5.21. The Labute approximate surface area is 132 Å². The summed E-state index contributed by atoms with van der Waals surface area (Å²) in [5.41, 5.74) is 0.263. The van der Waals surface area contributed by atoms with E-state index >= 15 is 0 Å². The van der Waals surface area contributed by atoms with Gasteiger partial charge in [-0.2, -0.15) is 0 Å². The van der Waals surface area contributed by atoms with E-state index in [-0.39, 0.29) is 11.7 Å². The molecule has 1 rings (SSSR count). The van der Waals surface area contributed by atoms with Gasteiger partial charge < -0.3 is 14.6 Å². The quantitative estimate of drug-likeness (QED) is 0.462. The van der Waals surface area contributed by atoms with E-state index in [9.17, 15) is 4.79 Å². The Balaban J connectivity index is 2.36. The molecule has 1 unspecified atom stereocenters. The SMILES string of the molecule is C=CCOC(CCCCC)CCOc1ccc(C(=O)O)cc1. The summed E-state index contributed by atoms with van der Waals surface area (Å²) in [6, 6.07) is 6.45. The van der Waals surface area contributed by atoms with Crippen LogP contribution in [0.15, 0.2) is 36.9 Å². The van der Waals surface area contributed by atoms with Gasteiger partial charge in [0.2, 0.25) is 0 Å². The van der Waals surface area contributed by atoms with Crippen molar-refractivity contribution in [3.05, 3.63) is 42.5 Å². The lowest BCUT2D eigenvalue weighted by atomic mass is 10.1. The lowest BCUT2D eigenvalue weighted by molar-refractivity contribution is 0.0489. The molecule has 0 aliphatic heterocycles. The first kappa shape index (κ1) is 18.2. The van der Waals surface area contributed by atoms with Crippen LogP contribution in [0.3, 0.4) is 0 Å². The van der Waals surface area contributed by atoms with Crippen molar-refractivity contribution >= 4 is 5.97 Å². The van der Waals surface area contributed by atoms with Crippen molar-refractivity contribution in [3.63, 3.8) is 0 Å². The van der Waals surface area contributed by atoms with Crippen molar-refractivity contribution < 1.29 is 19.4 Å². The van der Waals surface area contributed by atoms with Crippen LogP contribution in [0.2, 0.25) is 0 Å². The number of ether oxygens (including phenoxy) is 2. The number of benzene rings is 1. The summed E-state index contributed by atoms with van der Waals surface area (Å²) < 4.78 is 11.4. The summed E-state index contributed by atoms with van der Waals surface area (Å²) in [4.78, 5) is 10.8. The van der Waals surface area contributed by atoms with Crippen LogP contribution in [0.5, 0.6) is 5.75 Å². The summed E-state index contributed by atoms with van der Waals surface area (Å²) in [7, 11) is 0. The number of hydrogen-bond donors (Lipinski definition) is 1. The van der Waals surface area contributed by atoms with Crippen LogP contribution in [0, 0.1) is 0 Å². The maximum atomic E-state index is 10.8. The van der Waals surface area contributed by atoms with E-state index in [1.54, 1.807) is 30.3 Å². The minimum absolute atomic E-state index is 0.183. The molecular formula is C18H26O4. The monoisotopic (exact) mass is 306 g/mol. The molecule has 122 valence electrons. The number of carboxylic acids is 1. The first-order valence-electron chi connectivity index (χ1n) is 7.86. The van der Waals surface area contributed by atoms with Crippen molar-refractivity contribution in [3.8, 4) is 5.75 Å². The number of carbonyl (C=O) groups is 1. The molecule has 4 nitrogen and oxygen atoms in total. The topological polar surface area (TPSA) is 55.8 Å². The van der Waals surface area contributed by atoms with Crippen LogP contribution in [0.25, 0.3) is 0 Å². The van der Waals surface area contributed by atoms with E-state index in [1.165, 1.54) is 12.8 Å². The van der Waals surface area contributed by atoms with E-state index in [0.29, 0.717) is 19.0 Å². The zero-order valence-corrected chi connectivity index (χ0v) is 13.3. The van der Waals surface area contributed by atoms with Gasteiger partial charge in [-0.1, -0.05) is 32.3 Å². The lowest BCUT2D eigenvalue weighted by Gasteiger charge is -2.17. The Morgan fingerprint density at radius 2 is 2.00 bits per heavy atom. The molecule has 1 atom stereocenters. The summed E-state index contributed by atoms with van der Waals surface area (Å²) in [5, 5.41) is 8.84. The highest BCUT2D eigenvalue weighted by atomic mass is 16.5.